The van der Waals surface area contributed by atoms with Crippen LogP contribution < -0.4 is 10.1 Å². The molecule has 7 heteroatoms. The van der Waals surface area contributed by atoms with Crippen molar-refractivity contribution in [2.24, 2.45) is 0 Å². The third-order valence-electron chi connectivity index (χ3n) is 3.09. The van der Waals surface area contributed by atoms with Crippen molar-refractivity contribution in [1.82, 2.24) is 5.32 Å². The van der Waals surface area contributed by atoms with Crippen molar-refractivity contribution in [2.75, 3.05) is 6.54 Å². The van der Waals surface area contributed by atoms with Gasteiger partial charge in [-0.25, -0.2) is 0 Å². The molecule has 1 heterocycles. The quantitative estimate of drug-likeness (QED) is 0.883. The largest absolute Gasteiger partial charge is 0.480 e. The van der Waals surface area contributed by atoms with Crippen LogP contribution in [0, 0.1) is 0 Å². The van der Waals surface area contributed by atoms with Gasteiger partial charge in [0.1, 0.15) is 11.8 Å². The van der Waals surface area contributed by atoms with Crippen molar-refractivity contribution in [3.63, 3.8) is 0 Å². The van der Waals surface area contributed by atoms with Crippen LogP contribution in [0.1, 0.15) is 18.6 Å². The monoisotopic (exact) mass is 287 g/mol. The summed E-state index contributed by atoms with van der Waals surface area (Å²) in [5.74, 6) is -0.931. The number of carboxylic acid groups (broad SMARTS) is 1. The SMILES string of the molecule is CC1OC(c2cccc(OC(F)F)c2)CNC1C(=O)O. The van der Waals surface area contributed by atoms with Gasteiger partial charge in [0.2, 0.25) is 0 Å². The number of aliphatic carboxylic acids is 1. The molecular weight excluding hydrogens is 272 g/mol. The molecule has 2 rings (SSSR count). The van der Waals surface area contributed by atoms with E-state index in [0.717, 1.165) is 0 Å². The second-order valence-electron chi connectivity index (χ2n) is 4.50. The van der Waals surface area contributed by atoms with E-state index in [4.69, 9.17) is 9.84 Å². The van der Waals surface area contributed by atoms with Gasteiger partial charge in [-0.1, -0.05) is 12.1 Å². The maximum Gasteiger partial charge on any atom is 0.387 e. The summed E-state index contributed by atoms with van der Waals surface area (Å²) < 4.78 is 34.3. The molecule has 1 aromatic carbocycles. The molecule has 5 nitrogen and oxygen atoms in total. The number of carbonyl (C=O) groups is 1. The molecule has 1 fully saturated rings. The van der Waals surface area contributed by atoms with Crippen LogP contribution >= 0.6 is 0 Å². The molecule has 2 N–H and O–H groups in total. The van der Waals surface area contributed by atoms with E-state index >= 15 is 0 Å². The van der Waals surface area contributed by atoms with E-state index in [1.807, 2.05) is 0 Å². The van der Waals surface area contributed by atoms with Crippen molar-refractivity contribution in [2.45, 2.75) is 31.8 Å². The van der Waals surface area contributed by atoms with Gasteiger partial charge < -0.3 is 14.6 Å². The summed E-state index contributed by atoms with van der Waals surface area (Å²) in [4.78, 5) is 10.9. The number of rotatable bonds is 4. The number of ether oxygens (including phenoxy) is 2. The lowest BCUT2D eigenvalue weighted by Crippen LogP contribution is -2.52. The normalized spacial score (nSPS) is 26.5. The van der Waals surface area contributed by atoms with Crippen LogP contribution in [0.25, 0.3) is 0 Å². The van der Waals surface area contributed by atoms with Crippen molar-refractivity contribution in [1.29, 1.82) is 0 Å². The summed E-state index contributed by atoms with van der Waals surface area (Å²) in [5.41, 5.74) is 0.659. The third-order valence-corrected chi connectivity index (χ3v) is 3.09. The summed E-state index contributed by atoms with van der Waals surface area (Å²) >= 11 is 0. The fourth-order valence-corrected chi connectivity index (χ4v) is 2.16. The molecule has 1 aliphatic rings. The Balaban J connectivity index is 2.07. The Bertz CT molecular complexity index is 483. The standard InChI is InChI=1S/C13H15F2NO4/c1-7-11(12(17)18)16-6-10(19-7)8-3-2-4-9(5-8)20-13(14)15/h2-5,7,10-11,13,16H,6H2,1H3,(H,17,18). The van der Waals surface area contributed by atoms with Crippen molar-refractivity contribution in [3.8, 4) is 5.75 Å². The van der Waals surface area contributed by atoms with Crippen LogP contribution in [0.15, 0.2) is 24.3 Å². The van der Waals surface area contributed by atoms with E-state index < -0.39 is 30.8 Å². The van der Waals surface area contributed by atoms with Gasteiger partial charge in [0, 0.05) is 6.54 Å². The molecular formula is C13H15F2NO4. The number of morpholine rings is 1. The first-order valence-electron chi connectivity index (χ1n) is 6.14. The molecule has 0 saturated carbocycles. The molecule has 3 unspecified atom stereocenters. The van der Waals surface area contributed by atoms with Crippen LogP contribution in [0.2, 0.25) is 0 Å². The fourth-order valence-electron chi connectivity index (χ4n) is 2.16. The summed E-state index contributed by atoms with van der Waals surface area (Å²) in [7, 11) is 0. The van der Waals surface area contributed by atoms with Gasteiger partial charge >= 0.3 is 12.6 Å². The molecule has 0 amide bonds. The van der Waals surface area contributed by atoms with E-state index in [2.05, 4.69) is 10.1 Å². The first-order valence-corrected chi connectivity index (χ1v) is 6.14. The number of hydrogen-bond donors (Lipinski definition) is 2. The van der Waals surface area contributed by atoms with Crippen molar-refractivity contribution < 1.29 is 28.2 Å². The minimum atomic E-state index is -2.88. The van der Waals surface area contributed by atoms with Gasteiger partial charge in [-0.3, -0.25) is 10.1 Å². The van der Waals surface area contributed by atoms with Gasteiger partial charge in [0.15, 0.2) is 0 Å². The third kappa shape index (κ3) is 3.43. The average molecular weight is 287 g/mol. The Morgan fingerprint density at radius 1 is 1.55 bits per heavy atom. The van der Waals surface area contributed by atoms with E-state index in [1.54, 1.807) is 19.1 Å². The lowest BCUT2D eigenvalue weighted by atomic mass is 10.0. The Hall–Kier alpha value is -1.73. The Kier molecular flexibility index (Phi) is 4.51. The van der Waals surface area contributed by atoms with E-state index in [-0.39, 0.29) is 5.75 Å². The number of benzene rings is 1. The number of nitrogens with one attached hydrogen (secondary N) is 1. The second kappa shape index (κ2) is 6.15. The number of halogens is 2. The van der Waals surface area contributed by atoms with Gasteiger partial charge in [-0.15, -0.1) is 0 Å². The molecule has 0 aliphatic carbocycles. The fraction of sp³-hybridized carbons (Fsp3) is 0.462. The van der Waals surface area contributed by atoms with Crippen LogP contribution in [0.3, 0.4) is 0 Å². The minimum Gasteiger partial charge on any atom is -0.480 e. The zero-order valence-electron chi connectivity index (χ0n) is 10.8. The molecule has 20 heavy (non-hydrogen) atoms. The predicted molar refractivity (Wildman–Crippen MR) is 65.8 cm³/mol. The highest BCUT2D eigenvalue weighted by Crippen LogP contribution is 2.27. The molecule has 1 saturated heterocycles. The van der Waals surface area contributed by atoms with Gasteiger partial charge in [0.05, 0.1) is 12.2 Å². The average Bonchev–Trinajstić information content (AvgIpc) is 2.37. The zero-order valence-corrected chi connectivity index (χ0v) is 10.8. The Morgan fingerprint density at radius 3 is 2.90 bits per heavy atom. The maximum absolute atomic E-state index is 12.2. The van der Waals surface area contributed by atoms with Crippen molar-refractivity contribution in [3.05, 3.63) is 29.8 Å². The lowest BCUT2D eigenvalue weighted by Gasteiger charge is -2.33. The zero-order chi connectivity index (χ0) is 14.7. The Labute approximate surface area is 114 Å². The maximum atomic E-state index is 12.2. The van der Waals surface area contributed by atoms with E-state index in [0.29, 0.717) is 12.1 Å². The highest BCUT2D eigenvalue weighted by molar-refractivity contribution is 5.74. The second-order valence-corrected chi connectivity index (χ2v) is 4.50. The first kappa shape index (κ1) is 14.7. The van der Waals surface area contributed by atoms with Crippen LogP contribution in [0.5, 0.6) is 5.75 Å². The Morgan fingerprint density at radius 2 is 2.30 bits per heavy atom. The minimum absolute atomic E-state index is 0.0501. The van der Waals surface area contributed by atoms with Crippen LogP contribution in [0.4, 0.5) is 8.78 Å². The highest BCUT2D eigenvalue weighted by Gasteiger charge is 2.33. The van der Waals surface area contributed by atoms with Crippen LogP contribution in [-0.4, -0.2) is 36.4 Å². The summed E-state index contributed by atoms with van der Waals surface area (Å²) in [5, 5.41) is 11.8. The molecule has 3 atom stereocenters. The molecule has 1 aliphatic heterocycles. The molecule has 0 bridgehead atoms. The van der Waals surface area contributed by atoms with Gasteiger partial charge in [-0.2, -0.15) is 8.78 Å². The lowest BCUT2D eigenvalue weighted by molar-refractivity contribution is -0.149. The van der Waals surface area contributed by atoms with E-state index in [9.17, 15) is 13.6 Å². The van der Waals surface area contributed by atoms with E-state index in [1.165, 1.54) is 12.1 Å². The molecule has 0 radical (unpaired) electrons. The first-order chi connectivity index (χ1) is 9.47. The molecule has 110 valence electrons. The molecule has 0 aromatic heterocycles. The van der Waals surface area contributed by atoms with Crippen molar-refractivity contribution >= 4 is 5.97 Å². The van der Waals surface area contributed by atoms with Crippen LogP contribution in [-0.2, 0) is 9.53 Å². The van der Waals surface area contributed by atoms with Gasteiger partial charge in [-0.05, 0) is 24.6 Å². The molecule has 1 aromatic rings. The summed E-state index contributed by atoms with van der Waals surface area (Å²) in [6.07, 6.45) is -0.923. The van der Waals surface area contributed by atoms with Gasteiger partial charge in [0.25, 0.3) is 0 Å². The number of alkyl halides is 2. The smallest absolute Gasteiger partial charge is 0.387 e. The topological polar surface area (TPSA) is 67.8 Å². The molecule has 0 spiro atoms. The number of hydrogen-bond acceptors (Lipinski definition) is 4. The summed E-state index contributed by atoms with van der Waals surface area (Å²) in [6.45, 7) is -0.942. The summed E-state index contributed by atoms with van der Waals surface area (Å²) in [6, 6.07) is 5.43. The number of carboxylic acids is 1. The predicted octanol–water partition coefficient (Wildman–Crippen LogP) is 1.79. The highest BCUT2D eigenvalue weighted by atomic mass is 19.3.